The number of methoxy groups -OCH3 is 1. The van der Waals surface area contributed by atoms with Crippen LogP contribution in [0, 0.1) is 0 Å². The number of fused-ring (bicyclic) bond motifs is 1. The summed E-state index contributed by atoms with van der Waals surface area (Å²) in [4.78, 5) is 19.9. The number of hydrogen-bond donors (Lipinski definition) is 2. The fraction of sp³-hybridized carbons (Fsp3) is 0.387. The Labute approximate surface area is 225 Å². The molecule has 0 radical (unpaired) electrons. The van der Waals surface area contributed by atoms with Crippen LogP contribution in [0.25, 0.3) is 5.70 Å². The van der Waals surface area contributed by atoms with Gasteiger partial charge >= 0.3 is 0 Å². The van der Waals surface area contributed by atoms with Gasteiger partial charge in [0.1, 0.15) is 17.7 Å². The Balaban J connectivity index is 1.12. The number of rotatable bonds is 7. The van der Waals surface area contributed by atoms with E-state index in [0.29, 0.717) is 5.92 Å². The van der Waals surface area contributed by atoms with E-state index in [1.54, 1.807) is 7.11 Å². The Morgan fingerprint density at radius 2 is 1.76 bits per heavy atom. The van der Waals surface area contributed by atoms with Crippen LogP contribution in [0.5, 0.6) is 5.75 Å². The number of likely N-dealkylation sites (tertiary alicyclic amines) is 1. The summed E-state index contributed by atoms with van der Waals surface area (Å²) in [6.45, 7) is 4.07. The highest BCUT2D eigenvalue weighted by molar-refractivity contribution is 5.79. The van der Waals surface area contributed by atoms with Crippen molar-refractivity contribution in [3.05, 3.63) is 89.9 Å². The molecular formula is C31H37N5O2. The van der Waals surface area contributed by atoms with Crippen molar-refractivity contribution in [1.29, 1.82) is 0 Å². The molecule has 1 atom stereocenters. The molecule has 2 saturated heterocycles. The number of nitrogens with zero attached hydrogens (tertiary/aromatic N) is 3. The summed E-state index contributed by atoms with van der Waals surface area (Å²) in [6.07, 6.45) is 12.8. The van der Waals surface area contributed by atoms with Crippen LogP contribution >= 0.6 is 0 Å². The lowest BCUT2D eigenvalue weighted by Gasteiger charge is -2.33. The number of ether oxygens (including phenoxy) is 1. The number of para-hydroxylation sites is 1. The van der Waals surface area contributed by atoms with Crippen molar-refractivity contribution in [2.24, 2.45) is 0 Å². The van der Waals surface area contributed by atoms with Crippen molar-refractivity contribution in [1.82, 2.24) is 20.4 Å². The van der Waals surface area contributed by atoms with Gasteiger partial charge in [-0.2, -0.15) is 0 Å². The van der Waals surface area contributed by atoms with E-state index in [0.717, 1.165) is 61.9 Å². The fourth-order valence-electron chi connectivity index (χ4n) is 6.10. The van der Waals surface area contributed by atoms with Gasteiger partial charge in [0.2, 0.25) is 5.91 Å². The Kier molecular flexibility index (Phi) is 6.99. The van der Waals surface area contributed by atoms with E-state index in [4.69, 9.17) is 4.74 Å². The molecule has 1 unspecified atom stereocenters. The smallest absolute Gasteiger partial charge is 0.241 e. The fourth-order valence-corrected chi connectivity index (χ4v) is 6.10. The van der Waals surface area contributed by atoms with Gasteiger partial charge in [0.15, 0.2) is 0 Å². The number of anilines is 1. The SMILES string of the molecule is COc1ccccc1C1CCN(C(=O)CNC2=C(c3ccc(N4CCCC4)cc3)NC3C=CC=CN23)CC1. The van der Waals surface area contributed by atoms with Crippen molar-refractivity contribution >= 4 is 17.3 Å². The highest BCUT2D eigenvalue weighted by atomic mass is 16.5. The van der Waals surface area contributed by atoms with Gasteiger partial charge < -0.3 is 30.1 Å². The van der Waals surface area contributed by atoms with E-state index < -0.39 is 0 Å². The molecule has 0 saturated carbocycles. The second kappa shape index (κ2) is 10.9. The predicted octanol–water partition coefficient (Wildman–Crippen LogP) is 4.23. The lowest BCUT2D eigenvalue weighted by molar-refractivity contribution is -0.131. The zero-order chi connectivity index (χ0) is 25.9. The van der Waals surface area contributed by atoms with E-state index in [2.05, 4.69) is 75.2 Å². The van der Waals surface area contributed by atoms with E-state index in [9.17, 15) is 4.79 Å². The molecule has 2 aromatic rings. The van der Waals surface area contributed by atoms with Crippen LogP contribution in [0.2, 0.25) is 0 Å². The minimum atomic E-state index is 0.0439. The summed E-state index contributed by atoms with van der Waals surface area (Å²) in [5.41, 5.74) is 4.68. The molecule has 2 N–H and O–H groups in total. The lowest BCUT2D eigenvalue weighted by atomic mass is 9.89. The maximum atomic E-state index is 13.3. The highest BCUT2D eigenvalue weighted by Crippen LogP contribution is 2.34. The van der Waals surface area contributed by atoms with E-state index in [1.165, 1.54) is 24.1 Å². The van der Waals surface area contributed by atoms with Gasteiger partial charge in [0.05, 0.1) is 19.4 Å². The maximum Gasteiger partial charge on any atom is 0.241 e. The molecule has 0 aliphatic carbocycles. The summed E-state index contributed by atoms with van der Waals surface area (Å²) in [5, 5.41) is 7.13. The minimum Gasteiger partial charge on any atom is -0.496 e. The molecule has 198 valence electrons. The molecule has 1 amide bonds. The zero-order valence-electron chi connectivity index (χ0n) is 22.1. The number of benzene rings is 2. The molecule has 0 aromatic heterocycles. The molecular weight excluding hydrogens is 474 g/mol. The van der Waals surface area contributed by atoms with Gasteiger partial charge in [-0.25, -0.2) is 0 Å². The predicted molar refractivity (Wildman–Crippen MR) is 151 cm³/mol. The van der Waals surface area contributed by atoms with Gasteiger partial charge in [0.25, 0.3) is 0 Å². The maximum absolute atomic E-state index is 13.3. The number of hydrogen-bond acceptors (Lipinski definition) is 6. The highest BCUT2D eigenvalue weighted by Gasteiger charge is 2.31. The average Bonchev–Trinajstić information content (AvgIpc) is 3.65. The van der Waals surface area contributed by atoms with Crippen molar-refractivity contribution in [3.8, 4) is 5.75 Å². The summed E-state index contributed by atoms with van der Waals surface area (Å²) in [6, 6.07) is 17.1. The summed E-state index contributed by atoms with van der Waals surface area (Å²) < 4.78 is 5.57. The van der Waals surface area contributed by atoms with Crippen LogP contribution in [0.4, 0.5) is 5.69 Å². The third-order valence-corrected chi connectivity index (χ3v) is 8.20. The molecule has 0 spiro atoms. The molecule has 2 aromatic carbocycles. The second-order valence-electron chi connectivity index (χ2n) is 10.4. The monoisotopic (exact) mass is 511 g/mol. The Hall–Kier alpha value is -3.87. The summed E-state index contributed by atoms with van der Waals surface area (Å²) in [5.74, 6) is 2.45. The van der Waals surface area contributed by atoms with E-state index >= 15 is 0 Å². The summed E-state index contributed by atoms with van der Waals surface area (Å²) >= 11 is 0. The van der Waals surface area contributed by atoms with Crippen LogP contribution in [0.3, 0.4) is 0 Å². The molecule has 7 heteroatoms. The standard InChI is InChI=1S/C31H37N5O2/c1-38-27-9-3-2-8-26(27)23-15-20-35(21-16-23)29(37)22-32-31-30(33-28-10-4-5-19-36(28)31)24-11-13-25(14-12-24)34-17-6-7-18-34/h2-5,8-14,19,23,28,32-33H,6-7,15-18,20-22H2,1H3. The molecule has 4 aliphatic heterocycles. The Morgan fingerprint density at radius 3 is 2.53 bits per heavy atom. The Bertz CT molecular complexity index is 1240. The lowest BCUT2D eigenvalue weighted by Crippen LogP contribution is -2.44. The van der Waals surface area contributed by atoms with Crippen molar-refractivity contribution < 1.29 is 9.53 Å². The van der Waals surface area contributed by atoms with Crippen LogP contribution in [0.15, 0.2) is 78.8 Å². The van der Waals surface area contributed by atoms with Gasteiger partial charge in [0, 0.05) is 43.6 Å². The second-order valence-corrected chi connectivity index (χ2v) is 10.4. The normalized spacial score (nSPS) is 21.1. The first kappa shape index (κ1) is 24.5. The van der Waals surface area contributed by atoms with Crippen molar-refractivity contribution in [2.45, 2.75) is 37.8 Å². The molecule has 2 fully saturated rings. The largest absolute Gasteiger partial charge is 0.496 e. The van der Waals surface area contributed by atoms with E-state index in [1.807, 2.05) is 23.1 Å². The van der Waals surface area contributed by atoms with Gasteiger partial charge in [-0.1, -0.05) is 36.4 Å². The van der Waals surface area contributed by atoms with Gasteiger partial charge in [-0.15, -0.1) is 0 Å². The number of carbonyl (C=O) groups excluding carboxylic acids is 1. The molecule has 6 rings (SSSR count). The van der Waals surface area contributed by atoms with Gasteiger partial charge in [-0.3, -0.25) is 4.79 Å². The molecule has 4 heterocycles. The summed E-state index contributed by atoms with van der Waals surface area (Å²) in [7, 11) is 1.73. The third-order valence-electron chi connectivity index (χ3n) is 8.20. The van der Waals surface area contributed by atoms with Crippen LogP contribution in [-0.2, 0) is 4.79 Å². The number of amides is 1. The molecule has 0 bridgehead atoms. The number of allylic oxidation sites excluding steroid dienone is 2. The van der Waals surface area contributed by atoms with Crippen molar-refractivity contribution in [3.63, 3.8) is 0 Å². The topological polar surface area (TPSA) is 60.1 Å². The number of piperidine rings is 1. The first-order valence-corrected chi connectivity index (χ1v) is 13.9. The number of nitrogens with one attached hydrogen (secondary N) is 2. The third kappa shape index (κ3) is 4.85. The van der Waals surface area contributed by atoms with Crippen LogP contribution in [-0.4, -0.2) is 61.7 Å². The first-order valence-electron chi connectivity index (χ1n) is 13.9. The van der Waals surface area contributed by atoms with Crippen LogP contribution < -0.4 is 20.3 Å². The first-order chi connectivity index (χ1) is 18.7. The Morgan fingerprint density at radius 1 is 1.00 bits per heavy atom. The van der Waals surface area contributed by atoms with Gasteiger partial charge in [-0.05, 0) is 67.5 Å². The minimum absolute atomic E-state index is 0.0439. The molecule has 38 heavy (non-hydrogen) atoms. The molecule has 4 aliphatic rings. The average molecular weight is 512 g/mol. The van der Waals surface area contributed by atoms with Crippen molar-refractivity contribution in [2.75, 3.05) is 44.7 Å². The van der Waals surface area contributed by atoms with Crippen LogP contribution in [0.1, 0.15) is 42.7 Å². The number of carbonyl (C=O) groups is 1. The quantitative estimate of drug-likeness (QED) is 0.580. The molecule has 7 nitrogen and oxygen atoms in total. The van der Waals surface area contributed by atoms with E-state index in [-0.39, 0.29) is 18.6 Å². The zero-order valence-corrected chi connectivity index (χ0v) is 22.1.